The Bertz CT molecular complexity index is 198. The first-order valence-corrected chi connectivity index (χ1v) is 4.05. The average molecular weight is 210 g/mol. The third-order valence-electron chi connectivity index (χ3n) is 2.29. The summed E-state index contributed by atoms with van der Waals surface area (Å²) in [5.74, 6) is -2.34. The number of rotatable bonds is 2. The van der Waals surface area contributed by atoms with Crippen molar-refractivity contribution in [3.8, 4) is 0 Å². The molecule has 0 spiro atoms. The monoisotopic (exact) mass is 210 g/mol. The minimum absolute atomic E-state index is 0.614. The largest absolute Gasteiger partial charge is 0.394 e. The van der Waals surface area contributed by atoms with E-state index in [1.807, 2.05) is 0 Å². The molecule has 0 saturated carbocycles. The van der Waals surface area contributed by atoms with E-state index < -0.39 is 37.0 Å². The van der Waals surface area contributed by atoms with E-state index in [-0.39, 0.29) is 0 Å². The fourth-order valence-electron chi connectivity index (χ4n) is 1.36. The van der Waals surface area contributed by atoms with Gasteiger partial charge in [0, 0.05) is 7.11 Å². The van der Waals surface area contributed by atoms with Crippen LogP contribution in [0.1, 0.15) is 0 Å². The van der Waals surface area contributed by atoms with Crippen LogP contribution in [-0.2, 0) is 9.47 Å². The number of aliphatic hydroxyl groups is 5. The van der Waals surface area contributed by atoms with Gasteiger partial charge in [-0.25, -0.2) is 0 Å². The molecule has 0 aliphatic carbocycles. The number of methoxy groups -OCH3 is 1. The second-order valence-electron chi connectivity index (χ2n) is 3.09. The van der Waals surface area contributed by atoms with Gasteiger partial charge in [0.1, 0.15) is 12.2 Å². The normalized spacial score (nSPS) is 49.3. The zero-order valence-electron chi connectivity index (χ0n) is 7.57. The average Bonchev–Trinajstić information content (AvgIpc) is 2.20. The predicted octanol–water partition coefficient (Wildman–Crippen LogP) is -3.25. The van der Waals surface area contributed by atoms with Crippen molar-refractivity contribution in [1.82, 2.24) is 0 Å². The van der Waals surface area contributed by atoms with E-state index in [1.54, 1.807) is 0 Å². The Kier molecular flexibility index (Phi) is 3.43. The van der Waals surface area contributed by atoms with E-state index >= 15 is 0 Å². The van der Waals surface area contributed by atoms with Crippen molar-refractivity contribution in [3.05, 3.63) is 0 Å². The zero-order valence-corrected chi connectivity index (χ0v) is 7.57. The van der Waals surface area contributed by atoms with Gasteiger partial charge in [-0.05, 0) is 0 Å². The van der Waals surface area contributed by atoms with Gasteiger partial charge in [-0.3, -0.25) is 0 Å². The summed E-state index contributed by atoms with van der Waals surface area (Å²) in [6.07, 6.45) is -6.37. The summed E-state index contributed by atoms with van der Waals surface area (Å²) < 4.78 is 9.13. The van der Waals surface area contributed by atoms with Crippen LogP contribution >= 0.6 is 0 Å². The lowest BCUT2D eigenvalue weighted by Gasteiger charge is -2.44. The lowest BCUT2D eigenvalue weighted by atomic mass is 9.95. The molecule has 0 aromatic rings. The molecule has 0 aromatic heterocycles. The first-order chi connectivity index (χ1) is 6.47. The first-order valence-electron chi connectivity index (χ1n) is 4.05. The van der Waals surface area contributed by atoms with Crippen molar-refractivity contribution in [3.63, 3.8) is 0 Å². The summed E-state index contributed by atoms with van der Waals surface area (Å²) in [6.45, 7) is -0.614. The van der Waals surface area contributed by atoms with Gasteiger partial charge >= 0.3 is 0 Å². The van der Waals surface area contributed by atoms with Crippen LogP contribution < -0.4 is 0 Å². The SMILES string of the molecule is CO[C@@]1(O)[C@H](O)[C@@H](CO)OC(O)[C@@H]1O. The molecular formula is C7H14O7. The summed E-state index contributed by atoms with van der Waals surface area (Å²) in [4.78, 5) is 0. The minimum atomic E-state index is -2.34. The van der Waals surface area contributed by atoms with Crippen LogP contribution in [-0.4, -0.2) is 69.6 Å². The van der Waals surface area contributed by atoms with Gasteiger partial charge in [-0.2, -0.15) is 0 Å². The van der Waals surface area contributed by atoms with E-state index in [1.165, 1.54) is 0 Å². The lowest BCUT2D eigenvalue weighted by Crippen LogP contribution is -2.67. The Hall–Kier alpha value is -0.280. The van der Waals surface area contributed by atoms with Crippen LogP contribution in [0, 0.1) is 0 Å². The summed E-state index contributed by atoms with van der Waals surface area (Å²) in [5.41, 5.74) is 0. The molecule has 1 fully saturated rings. The predicted molar refractivity (Wildman–Crippen MR) is 41.9 cm³/mol. The third kappa shape index (κ3) is 1.63. The Balaban J connectivity index is 2.89. The van der Waals surface area contributed by atoms with Gasteiger partial charge in [0.15, 0.2) is 12.4 Å². The molecule has 7 nitrogen and oxygen atoms in total. The van der Waals surface area contributed by atoms with E-state index in [0.29, 0.717) is 0 Å². The molecule has 5 atom stereocenters. The Morgan fingerprint density at radius 3 is 2.29 bits per heavy atom. The topological polar surface area (TPSA) is 120 Å². The molecule has 1 heterocycles. The Morgan fingerprint density at radius 2 is 1.86 bits per heavy atom. The summed E-state index contributed by atoms with van der Waals surface area (Å²) in [6, 6.07) is 0. The molecule has 0 aromatic carbocycles. The van der Waals surface area contributed by atoms with Crippen LogP contribution in [0.5, 0.6) is 0 Å². The Morgan fingerprint density at radius 1 is 1.29 bits per heavy atom. The molecule has 0 bridgehead atoms. The van der Waals surface area contributed by atoms with E-state index in [0.717, 1.165) is 7.11 Å². The summed E-state index contributed by atoms with van der Waals surface area (Å²) in [5, 5.41) is 46.2. The maximum absolute atomic E-state index is 9.62. The van der Waals surface area contributed by atoms with E-state index in [4.69, 9.17) is 10.2 Å². The third-order valence-corrected chi connectivity index (χ3v) is 2.29. The van der Waals surface area contributed by atoms with Crippen LogP contribution in [0.15, 0.2) is 0 Å². The fourth-order valence-corrected chi connectivity index (χ4v) is 1.36. The summed E-state index contributed by atoms with van der Waals surface area (Å²) in [7, 11) is 1.05. The van der Waals surface area contributed by atoms with Crippen LogP contribution in [0.25, 0.3) is 0 Å². The maximum Gasteiger partial charge on any atom is 0.226 e. The highest BCUT2D eigenvalue weighted by Crippen LogP contribution is 2.29. The molecule has 1 saturated heterocycles. The highest BCUT2D eigenvalue weighted by molar-refractivity contribution is 4.95. The van der Waals surface area contributed by atoms with Gasteiger partial charge in [-0.1, -0.05) is 0 Å². The number of hydrogen-bond acceptors (Lipinski definition) is 7. The van der Waals surface area contributed by atoms with Crippen LogP contribution in [0.3, 0.4) is 0 Å². The second kappa shape index (κ2) is 4.07. The summed E-state index contributed by atoms with van der Waals surface area (Å²) >= 11 is 0. The van der Waals surface area contributed by atoms with Crippen molar-refractivity contribution in [2.75, 3.05) is 13.7 Å². The molecule has 1 aliphatic rings. The molecule has 5 N–H and O–H groups in total. The Labute approximate surface area is 80.1 Å². The quantitative estimate of drug-likeness (QED) is 0.304. The van der Waals surface area contributed by atoms with E-state index in [9.17, 15) is 15.3 Å². The van der Waals surface area contributed by atoms with Gasteiger partial charge in [0.2, 0.25) is 5.79 Å². The van der Waals surface area contributed by atoms with Crippen molar-refractivity contribution in [2.24, 2.45) is 0 Å². The molecular weight excluding hydrogens is 196 g/mol. The highest BCUT2D eigenvalue weighted by Gasteiger charge is 2.55. The minimum Gasteiger partial charge on any atom is -0.394 e. The molecule has 1 unspecified atom stereocenters. The second-order valence-corrected chi connectivity index (χ2v) is 3.09. The number of aliphatic hydroxyl groups excluding tert-OH is 4. The molecule has 1 aliphatic heterocycles. The fraction of sp³-hybridized carbons (Fsp3) is 1.00. The van der Waals surface area contributed by atoms with Gasteiger partial charge in [-0.15, -0.1) is 0 Å². The zero-order chi connectivity index (χ0) is 10.9. The molecule has 0 radical (unpaired) electrons. The van der Waals surface area contributed by atoms with Crippen LogP contribution in [0.2, 0.25) is 0 Å². The molecule has 0 amide bonds. The maximum atomic E-state index is 9.62. The highest BCUT2D eigenvalue weighted by atomic mass is 16.7. The van der Waals surface area contributed by atoms with Gasteiger partial charge in [0.05, 0.1) is 6.61 Å². The van der Waals surface area contributed by atoms with E-state index in [2.05, 4.69) is 9.47 Å². The lowest BCUT2D eigenvalue weighted by molar-refractivity contribution is -0.387. The smallest absolute Gasteiger partial charge is 0.226 e. The van der Waals surface area contributed by atoms with Crippen molar-refractivity contribution < 1.29 is 35.0 Å². The molecule has 14 heavy (non-hydrogen) atoms. The number of ether oxygens (including phenoxy) is 2. The molecule has 1 rings (SSSR count). The first kappa shape index (κ1) is 11.8. The van der Waals surface area contributed by atoms with Gasteiger partial charge in [0.25, 0.3) is 0 Å². The van der Waals surface area contributed by atoms with Crippen molar-refractivity contribution in [2.45, 2.75) is 30.4 Å². The standard InChI is InChI=1S/C7H14O7/c1-13-7(12)4(9)3(2-8)14-6(11)5(7)10/h3-6,8-12H,2H2,1H3/t3-,4-,5+,6?,7+/m1/s1. The van der Waals surface area contributed by atoms with Crippen molar-refractivity contribution in [1.29, 1.82) is 0 Å². The molecule has 84 valence electrons. The molecule has 7 heteroatoms. The number of hydrogen-bond donors (Lipinski definition) is 5. The van der Waals surface area contributed by atoms with Crippen LogP contribution in [0.4, 0.5) is 0 Å². The van der Waals surface area contributed by atoms with Crippen molar-refractivity contribution >= 4 is 0 Å². The van der Waals surface area contributed by atoms with Gasteiger partial charge < -0.3 is 35.0 Å².